The number of carboxylic acids is 1. The van der Waals surface area contributed by atoms with Gasteiger partial charge in [0, 0.05) is 5.92 Å². The molecule has 0 amide bonds. The van der Waals surface area contributed by atoms with Gasteiger partial charge in [-0.3, -0.25) is 4.72 Å². The molecule has 2 aromatic rings. The van der Waals surface area contributed by atoms with Crippen LogP contribution >= 0.6 is 0 Å². The van der Waals surface area contributed by atoms with Crippen LogP contribution in [-0.4, -0.2) is 24.7 Å². The quantitative estimate of drug-likeness (QED) is 0.868. The van der Waals surface area contributed by atoms with E-state index in [0.29, 0.717) is 22.7 Å². The number of aromatic nitrogens is 1. The third-order valence-corrected chi connectivity index (χ3v) is 5.17. The van der Waals surface area contributed by atoms with Crippen LogP contribution in [-0.2, 0) is 10.0 Å². The van der Waals surface area contributed by atoms with Crippen molar-refractivity contribution in [1.29, 1.82) is 0 Å². The Morgan fingerprint density at radius 3 is 2.65 bits per heavy atom. The second-order valence-corrected chi connectivity index (χ2v) is 7.35. The number of carbonyl (C=O) groups is 1. The lowest BCUT2D eigenvalue weighted by atomic mass is 10.1. The first kappa shape index (κ1) is 15.5. The van der Waals surface area contributed by atoms with Crippen molar-refractivity contribution >= 4 is 21.7 Å². The van der Waals surface area contributed by atoms with Gasteiger partial charge in [0.1, 0.15) is 11.4 Å². The van der Waals surface area contributed by atoms with Crippen LogP contribution in [0.2, 0.25) is 0 Å². The van der Waals surface area contributed by atoms with E-state index in [1.807, 2.05) is 0 Å². The lowest BCUT2D eigenvalue weighted by Gasteiger charge is -2.10. The molecule has 122 valence electrons. The van der Waals surface area contributed by atoms with Gasteiger partial charge in [0.15, 0.2) is 5.76 Å². The monoisotopic (exact) mass is 336 g/mol. The first-order valence-electron chi connectivity index (χ1n) is 7.12. The summed E-state index contributed by atoms with van der Waals surface area (Å²) in [6.45, 7) is 3.27. The number of aromatic carboxylic acids is 1. The maximum atomic E-state index is 12.6. The van der Waals surface area contributed by atoms with Crippen LogP contribution in [0.15, 0.2) is 27.6 Å². The minimum absolute atomic E-state index is 0.0441. The fourth-order valence-corrected chi connectivity index (χ4v) is 3.48. The van der Waals surface area contributed by atoms with Crippen LogP contribution in [0.5, 0.6) is 0 Å². The molecule has 0 aliphatic heterocycles. The lowest BCUT2D eigenvalue weighted by Crippen LogP contribution is -2.15. The summed E-state index contributed by atoms with van der Waals surface area (Å²) >= 11 is 0. The zero-order chi connectivity index (χ0) is 16.8. The Kier molecular flexibility index (Phi) is 3.63. The lowest BCUT2D eigenvalue weighted by molar-refractivity contribution is 0.0696. The molecule has 0 atom stereocenters. The number of anilines is 1. The number of sulfonamides is 1. The summed E-state index contributed by atoms with van der Waals surface area (Å²) in [7, 11) is -3.92. The fraction of sp³-hybridized carbons (Fsp3) is 0.333. The van der Waals surface area contributed by atoms with E-state index in [4.69, 9.17) is 9.63 Å². The van der Waals surface area contributed by atoms with E-state index in [-0.39, 0.29) is 16.4 Å². The molecule has 1 fully saturated rings. The topological polar surface area (TPSA) is 110 Å². The fourth-order valence-electron chi connectivity index (χ4n) is 2.33. The van der Waals surface area contributed by atoms with Crippen molar-refractivity contribution in [2.45, 2.75) is 37.5 Å². The summed E-state index contributed by atoms with van der Waals surface area (Å²) in [6.07, 6.45) is 1.88. The van der Waals surface area contributed by atoms with Gasteiger partial charge < -0.3 is 9.63 Å². The van der Waals surface area contributed by atoms with Crippen molar-refractivity contribution in [2.75, 3.05) is 4.72 Å². The first-order valence-corrected chi connectivity index (χ1v) is 8.61. The molecule has 0 radical (unpaired) electrons. The molecular formula is C15H16N2O5S. The molecule has 1 aromatic carbocycles. The van der Waals surface area contributed by atoms with E-state index in [1.54, 1.807) is 13.8 Å². The van der Waals surface area contributed by atoms with Gasteiger partial charge in [0.25, 0.3) is 10.0 Å². The maximum Gasteiger partial charge on any atom is 0.335 e. The highest BCUT2D eigenvalue weighted by molar-refractivity contribution is 7.92. The second-order valence-electron chi connectivity index (χ2n) is 5.67. The first-order chi connectivity index (χ1) is 10.8. The van der Waals surface area contributed by atoms with Gasteiger partial charge in [-0.05, 0) is 44.4 Å². The van der Waals surface area contributed by atoms with Gasteiger partial charge >= 0.3 is 5.97 Å². The van der Waals surface area contributed by atoms with Crippen molar-refractivity contribution < 1.29 is 22.8 Å². The Morgan fingerprint density at radius 1 is 1.35 bits per heavy atom. The second kappa shape index (κ2) is 5.38. The van der Waals surface area contributed by atoms with Gasteiger partial charge in [-0.2, -0.15) is 0 Å². The number of hydrogen-bond acceptors (Lipinski definition) is 5. The van der Waals surface area contributed by atoms with Crippen LogP contribution in [0, 0.1) is 13.8 Å². The molecule has 0 unspecified atom stereocenters. The van der Waals surface area contributed by atoms with Gasteiger partial charge in [0.2, 0.25) is 0 Å². The molecule has 23 heavy (non-hydrogen) atoms. The van der Waals surface area contributed by atoms with Crippen molar-refractivity contribution in [3.8, 4) is 0 Å². The van der Waals surface area contributed by atoms with Gasteiger partial charge in [-0.1, -0.05) is 11.2 Å². The molecule has 1 heterocycles. The van der Waals surface area contributed by atoms with Crippen LogP contribution in [0.25, 0.3) is 0 Å². The normalized spacial score (nSPS) is 14.7. The zero-order valence-electron chi connectivity index (χ0n) is 12.7. The predicted molar refractivity (Wildman–Crippen MR) is 82.2 cm³/mol. The molecule has 7 nitrogen and oxygen atoms in total. The van der Waals surface area contributed by atoms with Crippen molar-refractivity contribution in [2.24, 2.45) is 0 Å². The summed E-state index contributed by atoms with van der Waals surface area (Å²) in [5.74, 6) is -0.433. The molecule has 0 saturated heterocycles. The Morgan fingerprint density at radius 2 is 2.04 bits per heavy atom. The molecule has 0 bridgehead atoms. The van der Waals surface area contributed by atoms with Crippen molar-refractivity contribution in [3.05, 3.63) is 40.8 Å². The maximum absolute atomic E-state index is 12.6. The summed E-state index contributed by atoms with van der Waals surface area (Å²) in [4.78, 5) is 11.1. The number of carboxylic acid groups (broad SMARTS) is 1. The SMILES string of the molecule is Cc1ccc(S(=O)(=O)Nc2c(C)noc2C2CC2)cc1C(=O)O. The molecule has 0 spiro atoms. The molecule has 2 N–H and O–H groups in total. The Bertz CT molecular complexity index is 881. The van der Waals surface area contributed by atoms with Crippen LogP contribution in [0.1, 0.15) is 46.1 Å². The average molecular weight is 336 g/mol. The number of nitrogens with zero attached hydrogens (tertiary/aromatic N) is 1. The third kappa shape index (κ3) is 2.94. The van der Waals surface area contributed by atoms with E-state index in [9.17, 15) is 13.2 Å². The molecule has 8 heteroatoms. The summed E-state index contributed by atoms with van der Waals surface area (Å²) < 4.78 is 32.8. The van der Waals surface area contributed by atoms with E-state index in [2.05, 4.69) is 9.88 Å². The van der Waals surface area contributed by atoms with E-state index < -0.39 is 16.0 Å². The van der Waals surface area contributed by atoms with Crippen LogP contribution in [0.3, 0.4) is 0 Å². The Balaban J connectivity index is 1.98. The number of hydrogen-bond donors (Lipinski definition) is 2. The predicted octanol–water partition coefficient (Wildman–Crippen LogP) is 2.67. The Hall–Kier alpha value is -2.35. The largest absolute Gasteiger partial charge is 0.478 e. The van der Waals surface area contributed by atoms with E-state index in [1.165, 1.54) is 12.1 Å². The summed E-state index contributed by atoms with van der Waals surface area (Å²) in [6, 6.07) is 4.00. The van der Waals surface area contributed by atoms with E-state index >= 15 is 0 Å². The molecule has 1 aliphatic carbocycles. The molecular weight excluding hydrogens is 320 g/mol. The molecule has 3 rings (SSSR count). The Labute approximate surface area is 133 Å². The average Bonchev–Trinajstić information content (AvgIpc) is 3.25. The molecule has 1 aromatic heterocycles. The van der Waals surface area contributed by atoms with Gasteiger partial charge in [-0.15, -0.1) is 0 Å². The minimum atomic E-state index is -3.92. The highest BCUT2D eigenvalue weighted by Gasteiger charge is 2.33. The number of rotatable bonds is 5. The zero-order valence-corrected chi connectivity index (χ0v) is 13.5. The minimum Gasteiger partial charge on any atom is -0.478 e. The van der Waals surface area contributed by atoms with Crippen LogP contribution < -0.4 is 4.72 Å². The third-order valence-electron chi connectivity index (χ3n) is 3.82. The van der Waals surface area contributed by atoms with Gasteiger partial charge in [-0.25, -0.2) is 13.2 Å². The summed E-state index contributed by atoms with van der Waals surface area (Å²) in [5, 5.41) is 13.0. The van der Waals surface area contributed by atoms with Crippen LogP contribution in [0.4, 0.5) is 5.69 Å². The van der Waals surface area contributed by atoms with Gasteiger partial charge in [0.05, 0.1) is 10.5 Å². The number of benzene rings is 1. The molecule has 1 aliphatic rings. The molecule has 1 saturated carbocycles. The number of aryl methyl sites for hydroxylation is 2. The highest BCUT2D eigenvalue weighted by atomic mass is 32.2. The standard InChI is InChI=1S/C15H16N2O5S/c1-8-3-6-11(7-12(8)15(18)19)23(20,21)17-13-9(2)16-22-14(13)10-4-5-10/h3,6-7,10,17H,4-5H2,1-2H3,(H,18,19). The van der Waals surface area contributed by atoms with E-state index in [0.717, 1.165) is 18.9 Å². The number of nitrogens with one attached hydrogen (secondary N) is 1. The summed E-state index contributed by atoms with van der Waals surface area (Å²) in [5.41, 5.74) is 1.26. The van der Waals surface area contributed by atoms with Crippen molar-refractivity contribution in [3.63, 3.8) is 0 Å². The van der Waals surface area contributed by atoms with Crippen molar-refractivity contribution in [1.82, 2.24) is 5.16 Å². The smallest absolute Gasteiger partial charge is 0.335 e. The highest BCUT2D eigenvalue weighted by Crippen LogP contribution is 2.44.